The van der Waals surface area contributed by atoms with E-state index in [2.05, 4.69) is 4.98 Å². The van der Waals surface area contributed by atoms with Crippen molar-refractivity contribution in [2.75, 3.05) is 38.8 Å². The zero-order valence-corrected chi connectivity index (χ0v) is 21.6. The molecule has 0 aliphatic rings. The summed E-state index contributed by atoms with van der Waals surface area (Å²) in [7, 11) is 0. The highest BCUT2D eigenvalue weighted by atomic mass is 35.5. The Morgan fingerprint density at radius 2 is 1.73 bits per heavy atom. The summed E-state index contributed by atoms with van der Waals surface area (Å²) < 4.78 is 22.0. The lowest BCUT2D eigenvalue weighted by Crippen LogP contribution is -2.14. The normalized spacial score (nSPS) is 11.6. The van der Waals surface area contributed by atoms with Crippen LogP contribution in [0, 0.1) is 5.41 Å². The quantitative estimate of drug-likeness (QED) is 0.145. The molecule has 2 aromatic carbocycles. The van der Waals surface area contributed by atoms with E-state index in [9.17, 15) is 4.79 Å². The minimum atomic E-state index is -1.02. The third-order valence-electron chi connectivity index (χ3n) is 5.12. The number of pyridine rings is 1. The van der Waals surface area contributed by atoms with Crippen LogP contribution in [0.2, 0.25) is 10.0 Å². The molecule has 11 heteroatoms. The fraction of sp³-hybridized carbons (Fsp3) is 0.269. The van der Waals surface area contributed by atoms with E-state index >= 15 is 0 Å². The standard InChI is InChI=1S/C26H27Cl2N3O6/c1-16(25-21(27)13-31-14-22(25)28)37-19-5-6-23(29)20(12-19)26(30)17-3-2-4-18(11-17)36-10-9-34-7-8-35-15-24(32)33/h2-6,11-14,16,30H,7-10,15,29H2,1H3,(H,32,33)/t16-/m1/s1. The molecule has 0 aliphatic heterocycles. The van der Waals surface area contributed by atoms with Crippen molar-refractivity contribution >= 4 is 40.6 Å². The molecule has 0 radical (unpaired) electrons. The van der Waals surface area contributed by atoms with Crippen LogP contribution in [0.1, 0.15) is 29.7 Å². The van der Waals surface area contributed by atoms with Gasteiger partial charge in [-0.15, -0.1) is 0 Å². The van der Waals surface area contributed by atoms with E-state index in [0.717, 1.165) is 0 Å². The molecule has 1 heterocycles. The Morgan fingerprint density at radius 3 is 2.46 bits per heavy atom. The van der Waals surface area contributed by atoms with E-state index in [4.69, 9.17) is 58.4 Å². The van der Waals surface area contributed by atoms with Gasteiger partial charge in [0, 0.05) is 34.8 Å². The average molecular weight is 548 g/mol. The first-order valence-corrected chi connectivity index (χ1v) is 12.1. The Labute approximate surface area is 224 Å². The number of carboxylic acid groups (broad SMARTS) is 1. The fourth-order valence-electron chi connectivity index (χ4n) is 3.39. The van der Waals surface area contributed by atoms with Crippen molar-refractivity contribution in [1.29, 1.82) is 5.41 Å². The molecule has 0 amide bonds. The molecule has 0 spiro atoms. The highest BCUT2D eigenvalue weighted by Crippen LogP contribution is 2.33. The lowest BCUT2D eigenvalue weighted by atomic mass is 10.0. The van der Waals surface area contributed by atoms with Gasteiger partial charge in [0.2, 0.25) is 0 Å². The number of aliphatic carboxylic acids is 1. The van der Waals surface area contributed by atoms with Crippen LogP contribution in [-0.4, -0.2) is 54.8 Å². The third kappa shape index (κ3) is 8.33. The molecule has 196 valence electrons. The van der Waals surface area contributed by atoms with E-state index in [-0.39, 0.29) is 32.1 Å². The van der Waals surface area contributed by atoms with Gasteiger partial charge < -0.3 is 29.8 Å². The van der Waals surface area contributed by atoms with Crippen molar-refractivity contribution in [3.8, 4) is 11.5 Å². The third-order valence-corrected chi connectivity index (χ3v) is 5.72. The van der Waals surface area contributed by atoms with Gasteiger partial charge in [0.25, 0.3) is 0 Å². The number of benzene rings is 2. The number of ether oxygens (including phenoxy) is 4. The van der Waals surface area contributed by atoms with Crippen LogP contribution < -0.4 is 15.2 Å². The molecule has 1 aromatic heterocycles. The number of hydrogen-bond donors (Lipinski definition) is 3. The van der Waals surface area contributed by atoms with Crippen molar-refractivity contribution in [1.82, 2.24) is 4.98 Å². The highest BCUT2D eigenvalue weighted by Gasteiger charge is 2.17. The number of nitrogens with two attached hydrogens (primary N) is 1. The number of carboxylic acids is 1. The first kappa shape index (κ1) is 28.2. The van der Waals surface area contributed by atoms with Crippen molar-refractivity contribution in [3.05, 3.63) is 81.6 Å². The lowest BCUT2D eigenvalue weighted by Gasteiger charge is -2.18. The van der Waals surface area contributed by atoms with Crippen LogP contribution in [0.4, 0.5) is 5.69 Å². The summed E-state index contributed by atoms with van der Waals surface area (Å²) in [5, 5.41) is 18.0. The van der Waals surface area contributed by atoms with Crippen LogP contribution >= 0.6 is 23.2 Å². The minimum absolute atomic E-state index is 0.185. The zero-order chi connectivity index (χ0) is 26.8. The molecule has 0 bridgehead atoms. The Hall–Kier alpha value is -3.37. The van der Waals surface area contributed by atoms with Crippen LogP contribution in [0.15, 0.2) is 54.9 Å². The highest BCUT2D eigenvalue weighted by molar-refractivity contribution is 6.35. The van der Waals surface area contributed by atoms with Gasteiger partial charge >= 0.3 is 5.97 Å². The van der Waals surface area contributed by atoms with E-state index < -0.39 is 12.1 Å². The number of nitrogen functional groups attached to an aromatic ring is 1. The van der Waals surface area contributed by atoms with Crippen LogP contribution in [0.25, 0.3) is 0 Å². The second kappa shape index (κ2) is 13.8. The van der Waals surface area contributed by atoms with Gasteiger partial charge in [0.1, 0.15) is 30.8 Å². The predicted octanol–water partition coefficient (Wildman–Crippen LogP) is 5.02. The van der Waals surface area contributed by atoms with Gasteiger partial charge in [-0.1, -0.05) is 35.3 Å². The van der Waals surface area contributed by atoms with E-state index in [1.54, 1.807) is 42.5 Å². The van der Waals surface area contributed by atoms with Gasteiger partial charge in [0.05, 0.1) is 35.6 Å². The van der Waals surface area contributed by atoms with Crippen molar-refractivity contribution in [2.24, 2.45) is 0 Å². The maximum absolute atomic E-state index is 10.4. The van der Waals surface area contributed by atoms with Gasteiger partial charge in [-0.25, -0.2) is 4.79 Å². The molecule has 9 nitrogen and oxygen atoms in total. The second-order valence-corrected chi connectivity index (χ2v) is 8.65. The molecule has 0 aliphatic carbocycles. The Kier molecular flexibility index (Phi) is 10.5. The van der Waals surface area contributed by atoms with Gasteiger partial charge in [-0.2, -0.15) is 0 Å². The summed E-state index contributed by atoms with van der Waals surface area (Å²) in [6, 6.07) is 12.2. The number of hydrogen-bond acceptors (Lipinski definition) is 8. The molecule has 0 unspecified atom stereocenters. The van der Waals surface area contributed by atoms with E-state index in [1.165, 1.54) is 12.4 Å². The summed E-state index contributed by atoms with van der Waals surface area (Å²) in [6.07, 6.45) is 2.55. The summed E-state index contributed by atoms with van der Waals surface area (Å²) in [5.74, 6) is 0.0426. The Bertz CT molecular complexity index is 1220. The lowest BCUT2D eigenvalue weighted by molar-refractivity contribution is -0.142. The van der Waals surface area contributed by atoms with E-state index in [1.807, 2.05) is 6.92 Å². The largest absolute Gasteiger partial charge is 0.491 e. The molecule has 3 rings (SSSR count). The van der Waals surface area contributed by atoms with Crippen LogP contribution in [-0.2, 0) is 14.3 Å². The minimum Gasteiger partial charge on any atom is -0.491 e. The second-order valence-electron chi connectivity index (χ2n) is 7.84. The predicted molar refractivity (Wildman–Crippen MR) is 141 cm³/mol. The SMILES string of the molecule is C[C@@H](Oc1ccc(N)c(C(=N)c2cccc(OCCOCCOCC(=O)O)c2)c1)c1c(Cl)cncc1Cl. The topological polar surface area (TPSA) is 137 Å². The number of anilines is 1. The van der Waals surface area contributed by atoms with Crippen LogP contribution in [0.5, 0.6) is 11.5 Å². The monoisotopic (exact) mass is 547 g/mol. The number of aromatic nitrogens is 1. The van der Waals surface area contributed by atoms with Crippen LogP contribution in [0.3, 0.4) is 0 Å². The summed E-state index contributed by atoms with van der Waals surface area (Å²) in [4.78, 5) is 14.3. The maximum atomic E-state index is 10.4. The Morgan fingerprint density at radius 1 is 1.03 bits per heavy atom. The summed E-state index contributed by atoms with van der Waals surface area (Å²) >= 11 is 12.5. The summed E-state index contributed by atoms with van der Waals surface area (Å²) in [5.41, 5.74) is 8.54. The zero-order valence-electron chi connectivity index (χ0n) is 20.1. The number of nitrogens with zero attached hydrogens (tertiary/aromatic N) is 1. The molecular formula is C26H27Cl2N3O6. The van der Waals surface area contributed by atoms with Gasteiger partial charge in [-0.3, -0.25) is 10.4 Å². The molecule has 0 saturated carbocycles. The fourth-order valence-corrected chi connectivity index (χ4v) is 4.06. The summed E-state index contributed by atoms with van der Waals surface area (Å²) in [6.45, 7) is 2.49. The first-order valence-electron chi connectivity index (χ1n) is 11.3. The van der Waals surface area contributed by atoms with Crippen molar-refractivity contribution in [2.45, 2.75) is 13.0 Å². The van der Waals surface area contributed by atoms with E-state index in [0.29, 0.717) is 50.5 Å². The van der Waals surface area contributed by atoms with Crippen molar-refractivity contribution in [3.63, 3.8) is 0 Å². The molecule has 3 aromatic rings. The Balaban J connectivity index is 1.61. The smallest absolute Gasteiger partial charge is 0.329 e. The molecule has 4 N–H and O–H groups in total. The molecule has 0 fully saturated rings. The maximum Gasteiger partial charge on any atom is 0.329 e. The van der Waals surface area contributed by atoms with Gasteiger partial charge in [0.15, 0.2) is 0 Å². The molecule has 1 atom stereocenters. The number of carbonyl (C=O) groups is 1. The molecule has 0 saturated heterocycles. The van der Waals surface area contributed by atoms with Crippen molar-refractivity contribution < 1.29 is 28.8 Å². The first-order chi connectivity index (χ1) is 17.8. The molecular weight excluding hydrogens is 521 g/mol. The number of nitrogens with one attached hydrogen (secondary N) is 1. The molecule has 37 heavy (non-hydrogen) atoms. The number of halogens is 2. The number of rotatable bonds is 14. The van der Waals surface area contributed by atoms with Gasteiger partial charge in [-0.05, 0) is 37.3 Å². The average Bonchev–Trinajstić information content (AvgIpc) is 2.86.